The molecule has 136 valence electrons. The van der Waals surface area contributed by atoms with E-state index in [2.05, 4.69) is 10.0 Å². The third-order valence-corrected chi connectivity index (χ3v) is 6.89. The van der Waals surface area contributed by atoms with Crippen molar-refractivity contribution < 1.29 is 13.2 Å². The van der Waals surface area contributed by atoms with Crippen molar-refractivity contribution in [2.45, 2.75) is 24.8 Å². The fourth-order valence-corrected chi connectivity index (χ4v) is 5.37. The smallest absolute Gasteiger partial charge is 0.212 e. The van der Waals surface area contributed by atoms with E-state index >= 15 is 0 Å². The number of methoxy groups -OCH3 is 1. The molecule has 0 saturated carbocycles. The second kappa shape index (κ2) is 8.31. The van der Waals surface area contributed by atoms with Gasteiger partial charge in [0.2, 0.25) is 10.0 Å². The van der Waals surface area contributed by atoms with Crippen LogP contribution < -0.4 is 14.8 Å². The lowest BCUT2D eigenvalue weighted by Gasteiger charge is -2.33. The van der Waals surface area contributed by atoms with Gasteiger partial charge in [-0.15, -0.1) is 11.3 Å². The van der Waals surface area contributed by atoms with E-state index < -0.39 is 10.0 Å². The molecule has 0 bridgehead atoms. The molecule has 1 aromatic carbocycles. The summed E-state index contributed by atoms with van der Waals surface area (Å²) in [5.41, 5.74) is 1.15. The zero-order valence-electron chi connectivity index (χ0n) is 14.3. The van der Waals surface area contributed by atoms with Crippen LogP contribution in [0.3, 0.4) is 0 Å². The van der Waals surface area contributed by atoms with Gasteiger partial charge < -0.3 is 10.1 Å². The molecule has 3 rings (SSSR count). The van der Waals surface area contributed by atoms with Crippen molar-refractivity contribution >= 4 is 21.4 Å². The molecule has 0 radical (unpaired) electrons. The van der Waals surface area contributed by atoms with Crippen molar-refractivity contribution in [3.05, 3.63) is 52.2 Å². The van der Waals surface area contributed by atoms with Gasteiger partial charge in [-0.25, -0.2) is 13.1 Å². The van der Waals surface area contributed by atoms with Gasteiger partial charge in [0.05, 0.1) is 12.9 Å². The fraction of sp³-hybridized carbons (Fsp3) is 0.444. The van der Waals surface area contributed by atoms with Gasteiger partial charge >= 0.3 is 0 Å². The highest BCUT2D eigenvalue weighted by atomic mass is 32.2. The van der Waals surface area contributed by atoms with Crippen LogP contribution in [-0.4, -0.2) is 40.4 Å². The molecule has 2 unspecified atom stereocenters. The van der Waals surface area contributed by atoms with Crippen LogP contribution in [0.5, 0.6) is 5.75 Å². The number of hydrogen-bond donors (Lipinski definition) is 2. The van der Waals surface area contributed by atoms with Crippen molar-refractivity contribution in [2.75, 3.05) is 26.0 Å². The Morgan fingerprint density at radius 2 is 2.08 bits per heavy atom. The third-order valence-electron chi connectivity index (χ3n) is 4.55. The topological polar surface area (TPSA) is 67.4 Å². The molecule has 1 aliphatic heterocycles. The van der Waals surface area contributed by atoms with Gasteiger partial charge in [0, 0.05) is 23.4 Å². The van der Waals surface area contributed by atoms with Crippen LogP contribution >= 0.6 is 11.3 Å². The molecule has 5 nitrogen and oxygen atoms in total. The first-order valence-electron chi connectivity index (χ1n) is 8.44. The molecule has 1 fully saturated rings. The number of benzene rings is 1. The van der Waals surface area contributed by atoms with Crippen LogP contribution in [0.15, 0.2) is 41.8 Å². The van der Waals surface area contributed by atoms with Crippen LogP contribution in [0.4, 0.5) is 0 Å². The predicted molar refractivity (Wildman–Crippen MR) is 102 cm³/mol. The summed E-state index contributed by atoms with van der Waals surface area (Å²) in [6, 6.07) is 11.7. The van der Waals surface area contributed by atoms with E-state index in [0.717, 1.165) is 29.2 Å². The van der Waals surface area contributed by atoms with E-state index in [4.69, 9.17) is 4.74 Å². The van der Waals surface area contributed by atoms with Gasteiger partial charge in [0.15, 0.2) is 0 Å². The first-order valence-corrected chi connectivity index (χ1v) is 11.0. The van der Waals surface area contributed by atoms with Crippen molar-refractivity contribution in [3.63, 3.8) is 0 Å². The zero-order chi connectivity index (χ0) is 17.7. The van der Waals surface area contributed by atoms with Crippen molar-refractivity contribution in [2.24, 2.45) is 0 Å². The van der Waals surface area contributed by atoms with Crippen molar-refractivity contribution in [1.82, 2.24) is 10.0 Å². The van der Waals surface area contributed by atoms with Gasteiger partial charge in [-0.2, -0.15) is 0 Å². The zero-order valence-corrected chi connectivity index (χ0v) is 15.9. The third kappa shape index (κ3) is 5.04. The van der Waals surface area contributed by atoms with Crippen LogP contribution in [0.25, 0.3) is 0 Å². The van der Waals surface area contributed by atoms with Crippen LogP contribution in [-0.2, 0) is 16.4 Å². The Morgan fingerprint density at radius 1 is 1.28 bits per heavy atom. The fourth-order valence-electron chi connectivity index (χ4n) is 3.21. The number of aryl methyl sites for hydroxylation is 1. The van der Waals surface area contributed by atoms with Gasteiger partial charge in [0.1, 0.15) is 5.75 Å². The molecule has 1 aromatic heterocycles. The predicted octanol–water partition coefficient (Wildman–Crippen LogP) is 2.36. The molecule has 2 N–H and O–H groups in total. The Bertz CT molecular complexity index is 758. The monoisotopic (exact) mass is 380 g/mol. The van der Waals surface area contributed by atoms with E-state index in [9.17, 15) is 8.42 Å². The summed E-state index contributed by atoms with van der Waals surface area (Å²) in [5, 5.41) is 5.27. The largest absolute Gasteiger partial charge is 0.497 e. The second-order valence-corrected chi connectivity index (χ2v) is 9.15. The Labute approximate surface area is 153 Å². The number of nitrogens with one attached hydrogen (secondary N) is 2. The summed E-state index contributed by atoms with van der Waals surface area (Å²) in [7, 11) is -1.68. The highest BCUT2D eigenvalue weighted by Crippen LogP contribution is 2.27. The highest BCUT2D eigenvalue weighted by Gasteiger charge is 2.29. The van der Waals surface area contributed by atoms with E-state index in [0.29, 0.717) is 13.0 Å². The van der Waals surface area contributed by atoms with Crippen LogP contribution in [0, 0.1) is 0 Å². The summed E-state index contributed by atoms with van der Waals surface area (Å²) < 4.78 is 33.2. The van der Waals surface area contributed by atoms with E-state index in [-0.39, 0.29) is 17.7 Å². The Hall–Kier alpha value is -1.41. The molecular formula is C18H24N2O3S2. The average molecular weight is 381 g/mol. The molecule has 0 spiro atoms. The number of thiophene rings is 1. The van der Waals surface area contributed by atoms with Crippen LogP contribution in [0.1, 0.15) is 22.8 Å². The lowest BCUT2D eigenvalue weighted by Crippen LogP contribution is -2.50. The van der Waals surface area contributed by atoms with Gasteiger partial charge in [-0.3, -0.25) is 0 Å². The molecule has 25 heavy (non-hydrogen) atoms. The van der Waals surface area contributed by atoms with Gasteiger partial charge in [-0.1, -0.05) is 18.2 Å². The molecule has 1 aliphatic rings. The van der Waals surface area contributed by atoms with E-state index in [1.54, 1.807) is 18.4 Å². The lowest BCUT2D eigenvalue weighted by atomic mass is 9.86. The summed E-state index contributed by atoms with van der Waals surface area (Å²) in [4.78, 5) is 1.10. The first kappa shape index (κ1) is 18.4. The van der Waals surface area contributed by atoms with Crippen molar-refractivity contribution in [1.29, 1.82) is 0 Å². The number of piperidine rings is 1. The molecule has 0 amide bonds. The minimum absolute atomic E-state index is 0.124. The minimum Gasteiger partial charge on any atom is -0.497 e. The summed E-state index contributed by atoms with van der Waals surface area (Å²) in [5.74, 6) is 1.11. The number of rotatable bonds is 7. The SMILES string of the molecule is COc1ccc(C2CCNCC2NS(=O)(=O)CCc2cccs2)cc1. The molecule has 7 heteroatoms. The summed E-state index contributed by atoms with van der Waals surface area (Å²) in [6.07, 6.45) is 1.46. The Kier molecular flexibility index (Phi) is 6.11. The van der Waals surface area contributed by atoms with Crippen molar-refractivity contribution in [3.8, 4) is 5.75 Å². The lowest BCUT2D eigenvalue weighted by molar-refractivity contribution is 0.377. The highest BCUT2D eigenvalue weighted by molar-refractivity contribution is 7.89. The Balaban J connectivity index is 1.67. The summed E-state index contributed by atoms with van der Waals surface area (Å²) in [6.45, 7) is 1.54. The molecular weight excluding hydrogens is 356 g/mol. The number of ether oxygens (including phenoxy) is 1. The maximum atomic E-state index is 12.5. The summed E-state index contributed by atoms with van der Waals surface area (Å²) >= 11 is 1.59. The molecule has 2 aromatic rings. The standard InChI is InChI=1S/C18H24N2O3S2/c1-23-15-6-4-14(5-7-15)17-8-10-19-13-18(17)20-25(21,22)12-9-16-3-2-11-24-16/h2-7,11,17-20H,8-10,12-13H2,1H3. The Morgan fingerprint density at radius 3 is 2.76 bits per heavy atom. The van der Waals surface area contributed by atoms with E-state index in [1.165, 1.54) is 0 Å². The maximum absolute atomic E-state index is 12.5. The minimum atomic E-state index is -3.32. The molecule has 0 aliphatic carbocycles. The normalized spacial score (nSPS) is 21.2. The van der Waals surface area contributed by atoms with Gasteiger partial charge in [0.25, 0.3) is 0 Å². The molecule has 1 saturated heterocycles. The first-order chi connectivity index (χ1) is 12.1. The average Bonchev–Trinajstić information content (AvgIpc) is 3.14. The number of hydrogen-bond acceptors (Lipinski definition) is 5. The molecule has 2 heterocycles. The second-order valence-electron chi connectivity index (χ2n) is 6.25. The van der Waals surface area contributed by atoms with E-state index in [1.807, 2.05) is 41.8 Å². The van der Waals surface area contributed by atoms with Crippen LogP contribution in [0.2, 0.25) is 0 Å². The van der Waals surface area contributed by atoms with Gasteiger partial charge in [-0.05, 0) is 48.5 Å². The molecule has 2 atom stereocenters. The quantitative estimate of drug-likeness (QED) is 0.774. The number of sulfonamides is 1. The maximum Gasteiger partial charge on any atom is 0.212 e.